The number of carbonyl (C=O) groups is 1. The highest BCUT2D eigenvalue weighted by atomic mass is 127. The number of ether oxygens (including phenoxy) is 1. The van der Waals surface area contributed by atoms with Crippen LogP contribution in [0.4, 0.5) is 4.79 Å². The molecule has 0 spiro atoms. The molecule has 2 aliphatic rings. The molecule has 2 rings (SSSR count). The van der Waals surface area contributed by atoms with Crippen molar-refractivity contribution < 1.29 is 9.53 Å². The number of guanidine groups is 1. The largest absolute Gasteiger partial charge is 0.444 e. The molecule has 0 atom stereocenters. The Kier molecular flexibility index (Phi) is 10.7. The topological polar surface area (TPSA) is 69.2 Å². The predicted octanol–water partition coefficient (Wildman–Crippen LogP) is 2.65. The number of carbonyl (C=O) groups excluding carboxylic acids is 1. The Morgan fingerprint density at radius 2 is 1.78 bits per heavy atom. The molecule has 1 amide bonds. The molecular formula is C19H38IN5O2. The number of nitrogens with one attached hydrogen (secondary N) is 2. The van der Waals surface area contributed by atoms with Crippen molar-refractivity contribution in [2.45, 2.75) is 65.0 Å². The van der Waals surface area contributed by atoms with Crippen LogP contribution < -0.4 is 10.6 Å². The fraction of sp³-hybridized carbons (Fsp3) is 0.895. The summed E-state index contributed by atoms with van der Waals surface area (Å²) in [4.78, 5) is 21.0. The minimum atomic E-state index is -0.433. The third kappa shape index (κ3) is 9.32. The fourth-order valence-electron chi connectivity index (χ4n) is 3.37. The van der Waals surface area contributed by atoms with E-state index in [1.807, 2.05) is 20.8 Å². The Labute approximate surface area is 181 Å². The molecule has 0 bridgehead atoms. The summed E-state index contributed by atoms with van der Waals surface area (Å²) in [5, 5.41) is 6.89. The Bertz CT molecular complexity index is 467. The molecule has 158 valence electrons. The Morgan fingerprint density at radius 1 is 1.15 bits per heavy atom. The second-order valence-corrected chi connectivity index (χ2v) is 8.20. The second kappa shape index (κ2) is 11.9. The first-order valence-corrected chi connectivity index (χ1v) is 10.1. The number of hydrogen-bond donors (Lipinski definition) is 2. The van der Waals surface area contributed by atoms with Crippen molar-refractivity contribution in [2.75, 3.05) is 45.8 Å². The van der Waals surface area contributed by atoms with Gasteiger partial charge in [0, 0.05) is 45.3 Å². The molecule has 0 unspecified atom stereocenters. The van der Waals surface area contributed by atoms with Crippen LogP contribution in [0, 0.1) is 0 Å². The third-order valence-corrected chi connectivity index (χ3v) is 4.75. The zero-order valence-electron chi connectivity index (χ0n) is 17.4. The molecule has 1 aliphatic carbocycles. The van der Waals surface area contributed by atoms with Gasteiger partial charge in [-0.05, 0) is 40.5 Å². The summed E-state index contributed by atoms with van der Waals surface area (Å²) in [5.74, 6) is 0.937. The molecule has 2 fully saturated rings. The summed E-state index contributed by atoms with van der Waals surface area (Å²) in [6.45, 7) is 13.6. The summed E-state index contributed by atoms with van der Waals surface area (Å²) in [7, 11) is 0. The maximum atomic E-state index is 12.1. The van der Waals surface area contributed by atoms with E-state index in [0.29, 0.717) is 6.04 Å². The van der Waals surface area contributed by atoms with Crippen molar-refractivity contribution in [2.24, 2.45) is 4.99 Å². The molecule has 1 saturated heterocycles. The van der Waals surface area contributed by atoms with Crippen LogP contribution in [0.25, 0.3) is 0 Å². The van der Waals surface area contributed by atoms with Gasteiger partial charge in [-0.2, -0.15) is 0 Å². The number of amides is 1. The van der Waals surface area contributed by atoms with Crippen molar-refractivity contribution in [3.05, 3.63) is 0 Å². The van der Waals surface area contributed by atoms with Crippen LogP contribution in [0.2, 0.25) is 0 Å². The van der Waals surface area contributed by atoms with E-state index in [4.69, 9.17) is 9.73 Å². The average Bonchev–Trinajstić information content (AvgIpc) is 3.07. The van der Waals surface area contributed by atoms with Crippen molar-refractivity contribution in [3.8, 4) is 0 Å². The number of hydrogen-bond acceptors (Lipinski definition) is 4. The van der Waals surface area contributed by atoms with Gasteiger partial charge in [0.05, 0.1) is 6.54 Å². The van der Waals surface area contributed by atoms with E-state index < -0.39 is 5.60 Å². The summed E-state index contributed by atoms with van der Waals surface area (Å²) in [5.41, 5.74) is -0.433. The Balaban J connectivity index is 0.00000364. The molecule has 0 aromatic rings. The van der Waals surface area contributed by atoms with Crippen LogP contribution in [0.1, 0.15) is 53.4 Å². The number of halogens is 1. The number of aliphatic imine (C=N–C) groups is 1. The standard InChI is InChI=1S/C19H37N5O2.HI/c1-5-20-17(22-16-8-6-7-9-16)21-10-11-23-12-14-24(15-13-23)18(25)26-19(2,3)4;/h16H,5-15H2,1-4H3,(H2,20,21,22);1H. The molecular weight excluding hydrogens is 457 g/mol. The van der Waals surface area contributed by atoms with Crippen molar-refractivity contribution in [3.63, 3.8) is 0 Å². The van der Waals surface area contributed by atoms with E-state index in [9.17, 15) is 4.79 Å². The monoisotopic (exact) mass is 495 g/mol. The molecule has 1 saturated carbocycles. The molecule has 0 aromatic carbocycles. The summed E-state index contributed by atoms with van der Waals surface area (Å²) >= 11 is 0. The van der Waals surface area contributed by atoms with Crippen molar-refractivity contribution >= 4 is 36.0 Å². The molecule has 1 heterocycles. The lowest BCUT2D eigenvalue weighted by Crippen LogP contribution is -2.50. The van der Waals surface area contributed by atoms with E-state index in [0.717, 1.165) is 51.8 Å². The van der Waals surface area contributed by atoms with Gasteiger partial charge in [-0.15, -0.1) is 24.0 Å². The predicted molar refractivity (Wildman–Crippen MR) is 121 cm³/mol. The Hall–Kier alpha value is -0.770. The number of rotatable bonds is 5. The van der Waals surface area contributed by atoms with Gasteiger partial charge >= 0.3 is 6.09 Å². The summed E-state index contributed by atoms with van der Waals surface area (Å²) in [6.07, 6.45) is 4.93. The van der Waals surface area contributed by atoms with Crippen LogP contribution in [0.3, 0.4) is 0 Å². The van der Waals surface area contributed by atoms with Crippen LogP contribution in [-0.2, 0) is 4.74 Å². The first-order chi connectivity index (χ1) is 12.4. The minimum absolute atomic E-state index is 0. The second-order valence-electron chi connectivity index (χ2n) is 8.20. The highest BCUT2D eigenvalue weighted by Crippen LogP contribution is 2.17. The van der Waals surface area contributed by atoms with Gasteiger partial charge in [0.25, 0.3) is 0 Å². The highest BCUT2D eigenvalue weighted by Gasteiger charge is 2.25. The molecule has 7 nitrogen and oxygen atoms in total. The SMILES string of the molecule is CCNC(=NCCN1CCN(C(=O)OC(C)(C)C)CC1)NC1CCCC1.I. The quantitative estimate of drug-likeness (QED) is 0.349. The minimum Gasteiger partial charge on any atom is -0.444 e. The number of nitrogens with zero attached hydrogens (tertiary/aromatic N) is 3. The zero-order chi connectivity index (χ0) is 19.0. The van der Waals surface area contributed by atoms with Gasteiger partial charge in [-0.25, -0.2) is 4.79 Å². The third-order valence-electron chi connectivity index (χ3n) is 4.75. The lowest BCUT2D eigenvalue weighted by molar-refractivity contribution is 0.0148. The van der Waals surface area contributed by atoms with E-state index in [1.165, 1.54) is 25.7 Å². The summed E-state index contributed by atoms with van der Waals surface area (Å²) in [6, 6.07) is 0.574. The highest BCUT2D eigenvalue weighted by molar-refractivity contribution is 14.0. The normalized spacial score (nSPS) is 19.6. The molecule has 2 N–H and O–H groups in total. The maximum Gasteiger partial charge on any atom is 0.410 e. The van der Waals surface area contributed by atoms with Crippen LogP contribution >= 0.6 is 24.0 Å². The van der Waals surface area contributed by atoms with Crippen molar-refractivity contribution in [1.82, 2.24) is 20.4 Å². The first-order valence-electron chi connectivity index (χ1n) is 10.1. The molecule has 8 heteroatoms. The fourth-order valence-corrected chi connectivity index (χ4v) is 3.37. The van der Waals surface area contributed by atoms with Crippen molar-refractivity contribution in [1.29, 1.82) is 0 Å². The molecule has 0 radical (unpaired) electrons. The van der Waals surface area contributed by atoms with Gasteiger partial charge in [-0.1, -0.05) is 12.8 Å². The van der Waals surface area contributed by atoms with Crippen LogP contribution in [0.5, 0.6) is 0 Å². The molecule has 0 aromatic heterocycles. The molecule has 1 aliphatic heterocycles. The number of piperazine rings is 1. The van der Waals surface area contributed by atoms with E-state index in [1.54, 1.807) is 4.90 Å². The van der Waals surface area contributed by atoms with E-state index in [2.05, 4.69) is 22.5 Å². The van der Waals surface area contributed by atoms with E-state index in [-0.39, 0.29) is 30.1 Å². The lowest BCUT2D eigenvalue weighted by Gasteiger charge is -2.35. The lowest BCUT2D eigenvalue weighted by atomic mass is 10.2. The average molecular weight is 495 g/mol. The first kappa shape index (κ1) is 24.3. The Morgan fingerprint density at radius 3 is 2.33 bits per heavy atom. The van der Waals surface area contributed by atoms with Gasteiger partial charge in [0.2, 0.25) is 0 Å². The maximum absolute atomic E-state index is 12.1. The zero-order valence-corrected chi connectivity index (χ0v) is 19.8. The summed E-state index contributed by atoms with van der Waals surface area (Å²) < 4.78 is 5.45. The van der Waals surface area contributed by atoms with Gasteiger partial charge in [0.1, 0.15) is 5.60 Å². The van der Waals surface area contributed by atoms with Gasteiger partial charge in [-0.3, -0.25) is 9.89 Å². The van der Waals surface area contributed by atoms with Crippen LogP contribution in [-0.4, -0.2) is 79.3 Å². The molecule has 27 heavy (non-hydrogen) atoms. The van der Waals surface area contributed by atoms with Gasteiger partial charge in [0.15, 0.2) is 5.96 Å². The van der Waals surface area contributed by atoms with Gasteiger partial charge < -0.3 is 20.3 Å². The smallest absolute Gasteiger partial charge is 0.410 e. The van der Waals surface area contributed by atoms with E-state index >= 15 is 0 Å². The van der Waals surface area contributed by atoms with Crippen LogP contribution in [0.15, 0.2) is 4.99 Å².